The van der Waals surface area contributed by atoms with Crippen molar-refractivity contribution in [2.45, 2.75) is 161 Å². The maximum Gasteiger partial charge on any atom is 0.469 e. The van der Waals surface area contributed by atoms with Crippen molar-refractivity contribution in [3.05, 3.63) is 0 Å². The second kappa shape index (κ2) is 28.3. The minimum atomic E-state index is -4.75. The van der Waals surface area contributed by atoms with Gasteiger partial charge < -0.3 is 24.6 Å². The van der Waals surface area contributed by atoms with Crippen molar-refractivity contribution >= 4 is 25.7 Å². The highest BCUT2D eigenvalue weighted by Crippen LogP contribution is 2.35. The van der Waals surface area contributed by atoms with E-state index in [-0.39, 0.29) is 25.4 Å². The Hall–Kier alpha value is -1.48. The van der Waals surface area contributed by atoms with E-state index >= 15 is 0 Å². The standard InChI is InChI=1S/C31H60NO9P/c1-3-4-5-6-7-8-9-10-11-15-18-21-24-31(35)41-29(27-40-42(36,37)38)26-39-30(34)23-20-17-14-12-13-16-19-22-25-32-28(2)33/h29H,3-27H2,1-2H3,(H,32,33)(H2,36,37,38)/t29-/m1/s1. The number of unbranched alkanes of at least 4 members (excludes halogenated alkanes) is 18. The lowest BCUT2D eigenvalue weighted by molar-refractivity contribution is -0.161. The van der Waals surface area contributed by atoms with Gasteiger partial charge in [-0.1, -0.05) is 116 Å². The van der Waals surface area contributed by atoms with Crippen LogP contribution in [0, 0.1) is 0 Å². The van der Waals surface area contributed by atoms with Gasteiger partial charge in [-0.15, -0.1) is 0 Å². The number of rotatable bonds is 30. The Kier molecular flexibility index (Phi) is 27.3. The second-order valence-electron chi connectivity index (χ2n) is 11.3. The molecule has 0 fully saturated rings. The third kappa shape index (κ3) is 31.5. The number of phosphoric acid groups is 1. The first-order chi connectivity index (χ1) is 20.1. The fourth-order valence-corrected chi connectivity index (χ4v) is 4.99. The van der Waals surface area contributed by atoms with Crippen molar-refractivity contribution in [3.8, 4) is 0 Å². The van der Waals surface area contributed by atoms with Gasteiger partial charge in [-0.3, -0.25) is 18.9 Å². The van der Waals surface area contributed by atoms with Crippen LogP contribution in [0.1, 0.15) is 155 Å². The zero-order valence-electron chi connectivity index (χ0n) is 26.5. The molecule has 0 saturated carbocycles. The molecular weight excluding hydrogens is 561 g/mol. The van der Waals surface area contributed by atoms with Crippen LogP contribution in [0.2, 0.25) is 0 Å². The van der Waals surface area contributed by atoms with Crippen molar-refractivity contribution in [3.63, 3.8) is 0 Å². The Morgan fingerprint density at radius 2 is 1.07 bits per heavy atom. The Bertz CT molecular complexity index is 729. The lowest BCUT2D eigenvalue weighted by atomic mass is 10.0. The number of carbonyl (C=O) groups is 3. The fraction of sp³-hybridized carbons (Fsp3) is 0.903. The number of carbonyl (C=O) groups excluding carboxylic acids is 3. The molecule has 0 aromatic rings. The van der Waals surface area contributed by atoms with E-state index in [2.05, 4.69) is 16.8 Å². The Morgan fingerprint density at radius 1 is 0.643 bits per heavy atom. The van der Waals surface area contributed by atoms with Gasteiger partial charge in [0.05, 0.1) is 6.61 Å². The van der Waals surface area contributed by atoms with Crippen LogP contribution in [0.25, 0.3) is 0 Å². The highest BCUT2D eigenvalue weighted by atomic mass is 31.2. The predicted octanol–water partition coefficient (Wildman–Crippen LogP) is 7.29. The Balaban J connectivity index is 3.99. The molecule has 10 nitrogen and oxygen atoms in total. The summed E-state index contributed by atoms with van der Waals surface area (Å²) < 4.78 is 26.1. The van der Waals surface area contributed by atoms with Gasteiger partial charge in [-0.2, -0.15) is 0 Å². The largest absolute Gasteiger partial charge is 0.469 e. The lowest BCUT2D eigenvalue weighted by Crippen LogP contribution is -2.29. The molecule has 3 N–H and O–H groups in total. The summed E-state index contributed by atoms with van der Waals surface area (Å²) in [4.78, 5) is 53.2. The summed E-state index contributed by atoms with van der Waals surface area (Å²) in [6, 6.07) is 0. The first-order valence-corrected chi connectivity index (χ1v) is 18.0. The van der Waals surface area contributed by atoms with Crippen molar-refractivity contribution in [2.75, 3.05) is 19.8 Å². The van der Waals surface area contributed by atoms with Crippen LogP contribution in [-0.4, -0.2) is 53.5 Å². The van der Waals surface area contributed by atoms with E-state index in [0.717, 1.165) is 70.8 Å². The number of phosphoric ester groups is 1. The summed E-state index contributed by atoms with van der Waals surface area (Å²) in [5.74, 6) is -0.928. The van der Waals surface area contributed by atoms with Gasteiger partial charge in [0.1, 0.15) is 6.61 Å². The van der Waals surface area contributed by atoms with Crippen molar-refractivity contribution < 1.29 is 42.7 Å². The number of ether oxygens (including phenoxy) is 2. The summed E-state index contributed by atoms with van der Waals surface area (Å²) in [5.41, 5.74) is 0. The highest BCUT2D eigenvalue weighted by Gasteiger charge is 2.22. The first-order valence-electron chi connectivity index (χ1n) is 16.4. The van der Waals surface area contributed by atoms with E-state index in [4.69, 9.17) is 19.3 Å². The molecule has 0 bridgehead atoms. The molecule has 11 heteroatoms. The summed E-state index contributed by atoms with van der Waals surface area (Å²) in [5, 5.41) is 2.79. The third-order valence-corrected chi connectivity index (χ3v) is 7.56. The van der Waals surface area contributed by atoms with Crippen LogP contribution in [-0.2, 0) is 32.9 Å². The first kappa shape index (κ1) is 40.5. The third-order valence-electron chi connectivity index (χ3n) is 7.07. The summed E-state index contributed by atoms with van der Waals surface area (Å²) >= 11 is 0. The van der Waals surface area contributed by atoms with E-state index in [1.807, 2.05) is 0 Å². The number of hydrogen-bond acceptors (Lipinski definition) is 7. The molecule has 42 heavy (non-hydrogen) atoms. The minimum Gasteiger partial charge on any atom is -0.462 e. The average molecular weight is 622 g/mol. The highest BCUT2D eigenvalue weighted by molar-refractivity contribution is 7.46. The quantitative estimate of drug-likeness (QED) is 0.0427. The molecule has 0 unspecified atom stereocenters. The van der Waals surface area contributed by atoms with Crippen LogP contribution in [0.4, 0.5) is 0 Å². The summed E-state index contributed by atoms with van der Waals surface area (Å²) in [6.45, 7) is 3.62. The summed E-state index contributed by atoms with van der Waals surface area (Å²) in [7, 11) is -4.75. The van der Waals surface area contributed by atoms with E-state index in [9.17, 15) is 18.9 Å². The van der Waals surface area contributed by atoms with Crippen LogP contribution in [0.15, 0.2) is 0 Å². The van der Waals surface area contributed by atoms with Gasteiger partial charge in [-0.25, -0.2) is 4.57 Å². The maximum absolute atomic E-state index is 12.3. The van der Waals surface area contributed by atoms with Crippen LogP contribution < -0.4 is 5.32 Å². The average Bonchev–Trinajstić information content (AvgIpc) is 2.93. The molecule has 0 aromatic carbocycles. The molecule has 0 spiro atoms. The van der Waals surface area contributed by atoms with Gasteiger partial charge in [0.2, 0.25) is 5.91 Å². The normalized spacial score (nSPS) is 12.2. The number of amides is 1. The van der Waals surface area contributed by atoms with Crippen LogP contribution in [0.5, 0.6) is 0 Å². The van der Waals surface area contributed by atoms with Crippen molar-refractivity contribution in [1.29, 1.82) is 0 Å². The molecule has 248 valence electrons. The summed E-state index contributed by atoms with van der Waals surface area (Å²) in [6.07, 6.45) is 21.6. The zero-order valence-corrected chi connectivity index (χ0v) is 27.3. The molecule has 1 amide bonds. The molecule has 0 aliphatic rings. The van der Waals surface area contributed by atoms with Gasteiger partial charge in [0, 0.05) is 26.3 Å². The van der Waals surface area contributed by atoms with Crippen LogP contribution in [0.3, 0.4) is 0 Å². The lowest BCUT2D eigenvalue weighted by Gasteiger charge is -2.18. The topological polar surface area (TPSA) is 148 Å². The second-order valence-corrected chi connectivity index (χ2v) is 12.5. The van der Waals surface area contributed by atoms with Gasteiger partial charge in [0.15, 0.2) is 6.10 Å². The monoisotopic (exact) mass is 621 g/mol. The zero-order chi connectivity index (χ0) is 31.3. The fourth-order valence-electron chi connectivity index (χ4n) is 4.63. The molecule has 0 heterocycles. The number of nitrogens with one attached hydrogen (secondary N) is 1. The maximum atomic E-state index is 12.3. The van der Waals surface area contributed by atoms with E-state index in [0.29, 0.717) is 12.8 Å². The molecule has 0 aliphatic heterocycles. The minimum absolute atomic E-state index is 0.00422. The Labute approximate surface area is 254 Å². The number of hydrogen-bond donors (Lipinski definition) is 3. The Morgan fingerprint density at radius 3 is 1.52 bits per heavy atom. The van der Waals surface area contributed by atoms with E-state index in [1.165, 1.54) is 58.3 Å². The van der Waals surface area contributed by atoms with Gasteiger partial charge >= 0.3 is 19.8 Å². The number of esters is 2. The van der Waals surface area contributed by atoms with E-state index in [1.54, 1.807) is 0 Å². The molecular formula is C31H60NO9P. The molecule has 0 aliphatic carbocycles. The van der Waals surface area contributed by atoms with Crippen molar-refractivity contribution in [1.82, 2.24) is 5.32 Å². The van der Waals surface area contributed by atoms with Gasteiger partial charge in [-0.05, 0) is 19.3 Å². The van der Waals surface area contributed by atoms with Gasteiger partial charge in [0.25, 0.3) is 0 Å². The SMILES string of the molecule is CCCCCCCCCCCCCCC(=O)O[C@H](COC(=O)CCCCCCCCCCNC(C)=O)COP(=O)(O)O. The molecule has 0 rings (SSSR count). The molecule has 0 radical (unpaired) electrons. The molecule has 0 saturated heterocycles. The van der Waals surface area contributed by atoms with Crippen molar-refractivity contribution in [2.24, 2.45) is 0 Å². The van der Waals surface area contributed by atoms with E-state index < -0.39 is 32.5 Å². The molecule has 0 aromatic heterocycles. The predicted molar refractivity (Wildman–Crippen MR) is 165 cm³/mol. The van der Waals surface area contributed by atoms with Crippen LogP contribution >= 0.6 is 7.82 Å². The molecule has 1 atom stereocenters. The smallest absolute Gasteiger partial charge is 0.462 e.